The van der Waals surface area contributed by atoms with E-state index in [0.29, 0.717) is 11.4 Å². The van der Waals surface area contributed by atoms with Gasteiger partial charge in [-0.05, 0) is 30.3 Å². The zero-order chi connectivity index (χ0) is 21.0. The minimum atomic E-state index is -3.50. The molecule has 3 aromatic rings. The monoisotopic (exact) mass is 432 g/mol. The molecular formula is C18H14ClFN6O2S. The molecule has 3 rings (SSSR count). The van der Waals surface area contributed by atoms with Gasteiger partial charge in [0.1, 0.15) is 10.8 Å². The van der Waals surface area contributed by atoms with Gasteiger partial charge >= 0.3 is 0 Å². The van der Waals surface area contributed by atoms with Crippen molar-refractivity contribution < 1.29 is 12.8 Å². The molecule has 148 valence electrons. The minimum absolute atomic E-state index is 0.0245. The van der Waals surface area contributed by atoms with Crippen LogP contribution in [0.2, 0.25) is 5.02 Å². The summed E-state index contributed by atoms with van der Waals surface area (Å²) in [7, 11) is -3.50. The number of nitriles is 1. The summed E-state index contributed by atoms with van der Waals surface area (Å²) in [6, 6.07) is 12.3. The first kappa shape index (κ1) is 20.3. The Morgan fingerprint density at radius 1 is 1.10 bits per heavy atom. The molecular weight excluding hydrogens is 419 g/mol. The molecule has 0 fully saturated rings. The highest BCUT2D eigenvalue weighted by molar-refractivity contribution is 7.92. The van der Waals surface area contributed by atoms with Gasteiger partial charge in [0.25, 0.3) is 0 Å². The lowest BCUT2D eigenvalue weighted by molar-refractivity contribution is 0.607. The quantitative estimate of drug-likeness (QED) is 0.538. The summed E-state index contributed by atoms with van der Waals surface area (Å²) >= 11 is 6.14. The second kappa shape index (κ2) is 8.30. The van der Waals surface area contributed by atoms with Crippen molar-refractivity contribution in [3.05, 3.63) is 65.1 Å². The van der Waals surface area contributed by atoms with Gasteiger partial charge in [-0.15, -0.1) is 0 Å². The van der Waals surface area contributed by atoms with E-state index < -0.39 is 15.8 Å². The summed E-state index contributed by atoms with van der Waals surface area (Å²) in [6.45, 7) is 0. The second-order valence-electron chi connectivity index (χ2n) is 5.87. The topological polar surface area (TPSA) is 120 Å². The van der Waals surface area contributed by atoms with Crippen LogP contribution in [0.4, 0.5) is 33.2 Å². The molecule has 11 heteroatoms. The number of sulfonamides is 1. The molecule has 0 saturated carbocycles. The smallest absolute Gasteiger partial charge is 0.229 e. The Balaban J connectivity index is 1.91. The van der Waals surface area contributed by atoms with Crippen molar-refractivity contribution in [2.45, 2.75) is 0 Å². The van der Waals surface area contributed by atoms with Crippen molar-refractivity contribution in [3.8, 4) is 6.07 Å². The highest BCUT2D eigenvalue weighted by Crippen LogP contribution is 2.30. The van der Waals surface area contributed by atoms with E-state index in [-0.39, 0.29) is 28.0 Å². The number of nitrogens with zero attached hydrogens (tertiary/aromatic N) is 3. The van der Waals surface area contributed by atoms with Gasteiger partial charge in [-0.2, -0.15) is 10.2 Å². The lowest BCUT2D eigenvalue weighted by Crippen LogP contribution is -2.11. The van der Waals surface area contributed by atoms with Crippen molar-refractivity contribution in [1.82, 2.24) is 9.97 Å². The first-order valence-corrected chi connectivity index (χ1v) is 10.3. The van der Waals surface area contributed by atoms with Crippen molar-refractivity contribution in [1.29, 1.82) is 5.26 Å². The van der Waals surface area contributed by atoms with Crippen LogP contribution in [0, 0.1) is 17.1 Å². The highest BCUT2D eigenvalue weighted by atomic mass is 35.5. The van der Waals surface area contributed by atoms with Gasteiger partial charge in [-0.1, -0.05) is 23.7 Å². The van der Waals surface area contributed by atoms with Crippen LogP contribution in [-0.4, -0.2) is 24.6 Å². The van der Waals surface area contributed by atoms with Crippen molar-refractivity contribution in [3.63, 3.8) is 0 Å². The van der Waals surface area contributed by atoms with Gasteiger partial charge in [0.05, 0.1) is 41.1 Å². The van der Waals surface area contributed by atoms with E-state index in [9.17, 15) is 12.8 Å². The zero-order valence-corrected chi connectivity index (χ0v) is 16.5. The molecule has 0 saturated heterocycles. The molecule has 0 amide bonds. The van der Waals surface area contributed by atoms with Gasteiger partial charge in [-0.3, -0.25) is 4.72 Å². The molecule has 1 aromatic heterocycles. The summed E-state index contributed by atoms with van der Waals surface area (Å²) < 4.78 is 39.5. The van der Waals surface area contributed by atoms with Gasteiger partial charge < -0.3 is 10.6 Å². The van der Waals surface area contributed by atoms with E-state index in [2.05, 4.69) is 25.3 Å². The SMILES string of the molecule is CS(=O)(=O)Nc1ccccc1Nc1nc(Nc2cc(C#N)ccc2F)ncc1Cl. The lowest BCUT2D eigenvalue weighted by Gasteiger charge is -2.14. The third-order valence-electron chi connectivity index (χ3n) is 3.56. The Labute approximate surface area is 171 Å². The second-order valence-corrected chi connectivity index (χ2v) is 8.02. The van der Waals surface area contributed by atoms with Gasteiger partial charge in [0.2, 0.25) is 16.0 Å². The Morgan fingerprint density at radius 2 is 1.83 bits per heavy atom. The predicted octanol–water partition coefficient (Wildman–Crippen LogP) is 4.00. The number of nitrogens with one attached hydrogen (secondary N) is 3. The molecule has 0 spiro atoms. The molecule has 0 radical (unpaired) electrons. The molecule has 8 nitrogen and oxygen atoms in total. The highest BCUT2D eigenvalue weighted by Gasteiger charge is 2.12. The average Bonchev–Trinajstić information content (AvgIpc) is 2.66. The van der Waals surface area contributed by atoms with Crippen LogP contribution in [0.1, 0.15) is 5.56 Å². The van der Waals surface area contributed by atoms with E-state index in [1.165, 1.54) is 18.3 Å². The van der Waals surface area contributed by atoms with E-state index in [1.807, 2.05) is 6.07 Å². The Hall–Kier alpha value is -3.42. The molecule has 3 N–H and O–H groups in total. The van der Waals surface area contributed by atoms with Gasteiger partial charge in [-0.25, -0.2) is 17.8 Å². The molecule has 2 aromatic carbocycles. The third-order valence-corrected chi connectivity index (χ3v) is 4.43. The molecule has 0 unspecified atom stereocenters. The molecule has 0 aliphatic rings. The fourth-order valence-corrected chi connectivity index (χ4v) is 3.05. The summed E-state index contributed by atoms with van der Waals surface area (Å²) in [5, 5.41) is 14.8. The fraction of sp³-hybridized carbons (Fsp3) is 0.0556. The Morgan fingerprint density at radius 3 is 2.52 bits per heavy atom. The number of aromatic nitrogens is 2. The summed E-state index contributed by atoms with van der Waals surface area (Å²) in [5.74, 6) is -0.386. The largest absolute Gasteiger partial charge is 0.337 e. The summed E-state index contributed by atoms with van der Waals surface area (Å²) in [4.78, 5) is 8.20. The summed E-state index contributed by atoms with van der Waals surface area (Å²) in [5.41, 5.74) is 0.993. The molecule has 0 aliphatic carbocycles. The average molecular weight is 433 g/mol. The van der Waals surface area contributed by atoms with Crippen molar-refractivity contribution in [2.75, 3.05) is 21.6 Å². The number of benzene rings is 2. The van der Waals surface area contributed by atoms with E-state index >= 15 is 0 Å². The Kier molecular flexibility index (Phi) is 5.81. The molecule has 1 heterocycles. The van der Waals surface area contributed by atoms with Crippen LogP contribution in [0.15, 0.2) is 48.7 Å². The number of rotatable bonds is 6. The number of hydrogen-bond donors (Lipinski definition) is 3. The first-order valence-electron chi connectivity index (χ1n) is 8.08. The van der Waals surface area contributed by atoms with E-state index in [1.54, 1.807) is 24.3 Å². The van der Waals surface area contributed by atoms with E-state index in [0.717, 1.165) is 12.3 Å². The van der Waals surface area contributed by atoms with E-state index in [4.69, 9.17) is 16.9 Å². The standard InChI is InChI=1S/C18H14ClFN6O2S/c1-29(27,28)26-15-5-3-2-4-14(15)23-17-12(19)10-22-18(25-17)24-16-8-11(9-21)6-7-13(16)20/h2-8,10,26H,1H3,(H2,22,23,24,25). The zero-order valence-electron chi connectivity index (χ0n) is 14.9. The lowest BCUT2D eigenvalue weighted by atomic mass is 10.2. The van der Waals surface area contributed by atoms with Crippen LogP contribution < -0.4 is 15.4 Å². The van der Waals surface area contributed by atoms with Crippen LogP contribution in [-0.2, 0) is 10.0 Å². The molecule has 29 heavy (non-hydrogen) atoms. The van der Waals surface area contributed by atoms with Crippen LogP contribution >= 0.6 is 11.6 Å². The van der Waals surface area contributed by atoms with Crippen LogP contribution in [0.3, 0.4) is 0 Å². The molecule has 0 atom stereocenters. The first-order chi connectivity index (χ1) is 13.7. The maximum atomic E-state index is 14.0. The fourth-order valence-electron chi connectivity index (χ4n) is 2.33. The number of hydrogen-bond acceptors (Lipinski definition) is 7. The van der Waals surface area contributed by atoms with Crippen molar-refractivity contribution in [2.24, 2.45) is 0 Å². The van der Waals surface area contributed by atoms with Crippen LogP contribution in [0.25, 0.3) is 0 Å². The van der Waals surface area contributed by atoms with Crippen molar-refractivity contribution >= 4 is 50.5 Å². The number of para-hydroxylation sites is 2. The maximum absolute atomic E-state index is 14.0. The van der Waals surface area contributed by atoms with Gasteiger partial charge in [0, 0.05) is 0 Å². The predicted molar refractivity (Wildman–Crippen MR) is 110 cm³/mol. The molecule has 0 bridgehead atoms. The maximum Gasteiger partial charge on any atom is 0.229 e. The normalized spacial score (nSPS) is 10.8. The minimum Gasteiger partial charge on any atom is -0.337 e. The van der Waals surface area contributed by atoms with Gasteiger partial charge in [0.15, 0.2) is 5.82 Å². The Bertz CT molecular complexity index is 1210. The number of anilines is 5. The third kappa shape index (κ3) is 5.31. The molecule has 0 aliphatic heterocycles. The number of halogens is 2. The van der Waals surface area contributed by atoms with Crippen LogP contribution in [0.5, 0.6) is 0 Å². The summed E-state index contributed by atoms with van der Waals surface area (Å²) in [6.07, 6.45) is 2.34.